The van der Waals surface area contributed by atoms with Gasteiger partial charge in [0, 0.05) is 13.5 Å². The van der Waals surface area contributed by atoms with Gasteiger partial charge in [-0.1, -0.05) is 0 Å². The van der Waals surface area contributed by atoms with Gasteiger partial charge in [-0.3, -0.25) is 14.2 Å². The average Bonchev–Trinajstić information content (AvgIpc) is 2.89. The number of alkyl halides is 3. The Balaban J connectivity index is 2.07. The Morgan fingerprint density at radius 3 is 2.29 bits per heavy atom. The fourth-order valence-electron chi connectivity index (χ4n) is 2.29. The molecule has 0 unspecified atom stereocenters. The summed E-state index contributed by atoms with van der Waals surface area (Å²) in [6.45, 7) is 5.15. The van der Waals surface area contributed by atoms with Crippen LogP contribution in [0.15, 0.2) is 4.47 Å². The fraction of sp³-hybridized carbons (Fsp3) is 0.500. The van der Waals surface area contributed by atoms with Crippen LogP contribution in [0.5, 0.6) is 0 Å². The fourth-order valence-corrected chi connectivity index (χ4v) is 2.80. The van der Waals surface area contributed by atoms with Gasteiger partial charge in [-0.05, 0) is 36.7 Å². The van der Waals surface area contributed by atoms with E-state index in [4.69, 9.17) is 0 Å². The first-order chi connectivity index (χ1) is 11.0. The topological polar surface area (TPSA) is 64.7 Å². The smallest absolute Gasteiger partial charge is 0.323 e. The predicted molar refractivity (Wildman–Crippen MR) is 85.6 cm³/mol. The van der Waals surface area contributed by atoms with E-state index < -0.39 is 11.9 Å². The molecule has 0 aliphatic rings. The van der Waals surface area contributed by atoms with Crippen LogP contribution in [0.25, 0.3) is 0 Å². The Morgan fingerprint density at radius 1 is 1.21 bits per heavy atom. The van der Waals surface area contributed by atoms with Gasteiger partial charge >= 0.3 is 6.18 Å². The molecule has 1 amide bonds. The van der Waals surface area contributed by atoms with Crippen molar-refractivity contribution >= 4 is 27.5 Å². The maximum absolute atomic E-state index is 12.8. The van der Waals surface area contributed by atoms with E-state index in [1.54, 1.807) is 18.7 Å². The number of hydrogen-bond donors (Lipinski definition) is 1. The molecule has 0 atom stereocenters. The average molecular weight is 408 g/mol. The summed E-state index contributed by atoms with van der Waals surface area (Å²) in [5.74, 6) is -0.311. The highest BCUT2D eigenvalue weighted by atomic mass is 79.9. The molecule has 0 bridgehead atoms. The van der Waals surface area contributed by atoms with E-state index in [1.807, 2.05) is 6.92 Å². The van der Waals surface area contributed by atoms with Crippen molar-refractivity contribution in [1.82, 2.24) is 19.6 Å². The number of nitrogens with one attached hydrogen (secondary N) is 1. The maximum Gasteiger partial charge on any atom is 0.436 e. The second kappa shape index (κ2) is 6.58. The van der Waals surface area contributed by atoms with Crippen LogP contribution in [-0.2, 0) is 24.6 Å². The number of nitrogens with zero attached hydrogens (tertiary/aromatic N) is 4. The molecular formula is C14H17BrF3N5O. The van der Waals surface area contributed by atoms with Gasteiger partial charge in [0.2, 0.25) is 5.91 Å². The van der Waals surface area contributed by atoms with Crippen LogP contribution >= 0.6 is 15.9 Å². The summed E-state index contributed by atoms with van der Waals surface area (Å²) in [6, 6.07) is 0. The van der Waals surface area contributed by atoms with Crippen LogP contribution in [0.2, 0.25) is 0 Å². The highest BCUT2D eigenvalue weighted by molar-refractivity contribution is 9.10. The van der Waals surface area contributed by atoms with Crippen LogP contribution < -0.4 is 5.32 Å². The molecule has 2 aromatic heterocycles. The number of rotatable bonds is 4. The number of amides is 1. The summed E-state index contributed by atoms with van der Waals surface area (Å²) >= 11 is 2.90. The molecule has 0 saturated heterocycles. The molecule has 132 valence electrons. The Labute approximate surface area is 145 Å². The van der Waals surface area contributed by atoms with Crippen molar-refractivity contribution in [1.29, 1.82) is 0 Å². The van der Waals surface area contributed by atoms with Crippen molar-refractivity contribution in [3.63, 3.8) is 0 Å². The SMILES string of the molecule is Cc1nn(C)c(C)c1NC(=O)CCn1nc(C(F)(F)F)c(Br)c1C. The molecule has 24 heavy (non-hydrogen) atoms. The zero-order chi connectivity index (χ0) is 18.2. The molecule has 0 fully saturated rings. The molecule has 2 heterocycles. The molecule has 0 aromatic carbocycles. The first-order valence-electron chi connectivity index (χ1n) is 7.12. The van der Waals surface area contributed by atoms with Crippen LogP contribution in [0.1, 0.15) is 29.2 Å². The van der Waals surface area contributed by atoms with Crippen molar-refractivity contribution < 1.29 is 18.0 Å². The summed E-state index contributed by atoms with van der Waals surface area (Å²) in [5.41, 5.74) is 1.44. The second-order valence-corrected chi connectivity index (χ2v) is 6.23. The standard InChI is InChI=1S/C14H17BrF3N5O/c1-7-12(9(3)22(4)20-7)19-10(24)5-6-23-8(2)11(15)13(21-23)14(16,17)18/h5-6H2,1-4H3,(H,19,24). The van der Waals surface area contributed by atoms with Gasteiger partial charge in [0.05, 0.1) is 33.8 Å². The van der Waals surface area contributed by atoms with E-state index >= 15 is 0 Å². The third-order valence-electron chi connectivity index (χ3n) is 3.73. The van der Waals surface area contributed by atoms with E-state index in [0.717, 1.165) is 5.69 Å². The number of aromatic nitrogens is 4. The Hall–Kier alpha value is -1.84. The molecular weight excluding hydrogens is 391 g/mol. The van der Waals surface area contributed by atoms with Crippen molar-refractivity contribution in [3.8, 4) is 0 Å². The monoisotopic (exact) mass is 407 g/mol. The van der Waals surface area contributed by atoms with E-state index in [0.29, 0.717) is 17.1 Å². The van der Waals surface area contributed by atoms with E-state index in [-0.39, 0.29) is 23.3 Å². The number of hydrogen-bond acceptors (Lipinski definition) is 3. The second-order valence-electron chi connectivity index (χ2n) is 5.44. The lowest BCUT2D eigenvalue weighted by Gasteiger charge is -2.07. The summed E-state index contributed by atoms with van der Waals surface area (Å²) in [5, 5.41) is 10.5. The number of aryl methyl sites for hydroxylation is 3. The summed E-state index contributed by atoms with van der Waals surface area (Å²) in [6.07, 6.45) is -4.54. The molecule has 0 spiro atoms. The van der Waals surface area contributed by atoms with E-state index in [1.165, 1.54) is 11.6 Å². The minimum atomic E-state index is -4.54. The summed E-state index contributed by atoms with van der Waals surface area (Å²) < 4.78 is 41.2. The number of carbonyl (C=O) groups is 1. The third-order valence-corrected chi connectivity index (χ3v) is 4.68. The lowest BCUT2D eigenvalue weighted by molar-refractivity contribution is -0.142. The molecule has 2 rings (SSSR count). The van der Waals surface area contributed by atoms with E-state index in [9.17, 15) is 18.0 Å². The summed E-state index contributed by atoms with van der Waals surface area (Å²) in [7, 11) is 1.77. The van der Waals surface area contributed by atoms with Crippen LogP contribution in [0.3, 0.4) is 0 Å². The van der Waals surface area contributed by atoms with Gasteiger partial charge in [-0.15, -0.1) is 0 Å². The largest absolute Gasteiger partial charge is 0.436 e. The van der Waals surface area contributed by atoms with Gasteiger partial charge in [-0.25, -0.2) is 0 Å². The first-order valence-corrected chi connectivity index (χ1v) is 7.91. The van der Waals surface area contributed by atoms with E-state index in [2.05, 4.69) is 31.4 Å². The molecule has 0 aliphatic heterocycles. The number of anilines is 1. The predicted octanol–water partition coefficient (Wildman–Crippen LogP) is 3.35. The lowest BCUT2D eigenvalue weighted by Crippen LogP contribution is -2.17. The molecule has 6 nitrogen and oxygen atoms in total. The Morgan fingerprint density at radius 2 is 1.83 bits per heavy atom. The van der Waals surface area contributed by atoms with Crippen LogP contribution in [-0.4, -0.2) is 25.5 Å². The van der Waals surface area contributed by atoms with Crippen LogP contribution in [0.4, 0.5) is 18.9 Å². The number of halogens is 4. The van der Waals surface area contributed by atoms with Crippen molar-refractivity contribution in [2.45, 2.75) is 39.9 Å². The van der Waals surface area contributed by atoms with Gasteiger partial charge in [-0.2, -0.15) is 23.4 Å². The highest BCUT2D eigenvalue weighted by Crippen LogP contribution is 2.35. The first kappa shape index (κ1) is 18.5. The Kier molecular flexibility index (Phi) is 5.07. The minimum Gasteiger partial charge on any atom is -0.323 e. The summed E-state index contributed by atoms with van der Waals surface area (Å²) in [4.78, 5) is 12.1. The van der Waals surface area contributed by atoms with Gasteiger partial charge < -0.3 is 5.32 Å². The maximum atomic E-state index is 12.8. The molecule has 10 heteroatoms. The van der Waals surface area contributed by atoms with Crippen molar-refractivity contribution in [3.05, 3.63) is 27.2 Å². The normalized spacial score (nSPS) is 11.8. The zero-order valence-corrected chi connectivity index (χ0v) is 15.2. The molecule has 1 N–H and O–H groups in total. The highest BCUT2D eigenvalue weighted by Gasteiger charge is 2.37. The minimum absolute atomic E-state index is 0.0000312. The van der Waals surface area contributed by atoms with Crippen LogP contribution in [0, 0.1) is 20.8 Å². The van der Waals surface area contributed by atoms with Gasteiger partial charge in [0.15, 0.2) is 5.69 Å². The van der Waals surface area contributed by atoms with Crippen molar-refractivity contribution in [2.24, 2.45) is 7.05 Å². The third kappa shape index (κ3) is 3.63. The zero-order valence-electron chi connectivity index (χ0n) is 13.6. The molecule has 2 aromatic rings. The van der Waals surface area contributed by atoms with Gasteiger partial charge in [0.25, 0.3) is 0 Å². The Bertz CT molecular complexity index is 778. The van der Waals surface area contributed by atoms with Gasteiger partial charge in [0.1, 0.15) is 0 Å². The number of carbonyl (C=O) groups excluding carboxylic acids is 1. The molecule has 0 radical (unpaired) electrons. The van der Waals surface area contributed by atoms with Crippen molar-refractivity contribution in [2.75, 3.05) is 5.32 Å². The molecule has 0 saturated carbocycles. The lowest BCUT2D eigenvalue weighted by atomic mass is 10.3. The quantitative estimate of drug-likeness (QED) is 0.844. The molecule has 0 aliphatic carbocycles.